The van der Waals surface area contributed by atoms with Crippen LogP contribution in [0.5, 0.6) is 0 Å². The zero-order valence-corrected chi connectivity index (χ0v) is 12.0. The van der Waals surface area contributed by atoms with Crippen molar-refractivity contribution in [3.8, 4) is 0 Å². The molecule has 1 aromatic heterocycles. The van der Waals surface area contributed by atoms with Gasteiger partial charge in [-0.3, -0.25) is 4.79 Å². The van der Waals surface area contributed by atoms with E-state index in [0.29, 0.717) is 31.4 Å². The lowest BCUT2D eigenvalue weighted by Crippen LogP contribution is -2.38. The highest BCUT2D eigenvalue weighted by molar-refractivity contribution is 5.92. The first-order chi connectivity index (χ1) is 10.3. The summed E-state index contributed by atoms with van der Waals surface area (Å²) in [6.07, 6.45) is 3.83. The molecule has 2 fully saturated rings. The van der Waals surface area contributed by atoms with Crippen molar-refractivity contribution in [2.45, 2.75) is 18.9 Å². The lowest BCUT2D eigenvalue weighted by Gasteiger charge is -2.26. The Hall–Kier alpha value is -1.73. The van der Waals surface area contributed by atoms with Crippen molar-refractivity contribution in [3.63, 3.8) is 0 Å². The molecule has 7 nitrogen and oxygen atoms in total. The zero-order chi connectivity index (χ0) is 14.5. The number of nitrogens with one attached hydrogen (secondary N) is 1. The van der Waals surface area contributed by atoms with Crippen LogP contribution in [0.2, 0.25) is 0 Å². The van der Waals surface area contributed by atoms with Crippen molar-refractivity contribution in [2.75, 3.05) is 44.4 Å². The minimum Gasteiger partial charge on any atom is -0.378 e. The van der Waals surface area contributed by atoms with E-state index in [2.05, 4.69) is 15.3 Å². The summed E-state index contributed by atoms with van der Waals surface area (Å²) in [5.74, 6) is 0.408. The summed E-state index contributed by atoms with van der Waals surface area (Å²) in [7, 11) is 0. The van der Waals surface area contributed by atoms with Gasteiger partial charge in [-0.15, -0.1) is 0 Å². The Labute approximate surface area is 123 Å². The molecule has 21 heavy (non-hydrogen) atoms. The van der Waals surface area contributed by atoms with Gasteiger partial charge in [0.25, 0.3) is 5.91 Å². The molecule has 0 saturated carbocycles. The Morgan fingerprint density at radius 2 is 2.24 bits per heavy atom. The fourth-order valence-corrected chi connectivity index (χ4v) is 2.49. The molecule has 1 amide bonds. The lowest BCUT2D eigenvalue weighted by atomic mass is 10.2. The second kappa shape index (κ2) is 6.82. The monoisotopic (exact) mass is 292 g/mol. The van der Waals surface area contributed by atoms with E-state index in [9.17, 15) is 4.79 Å². The summed E-state index contributed by atoms with van der Waals surface area (Å²) in [6.45, 7) is 4.16. The summed E-state index contributed by atoms with van der Waals surface area (Å²) in [4.78, 5) is 22.7. The number of ether oxygens (including phenoxy) is 2. The molecule has 0 spiro atoms. The number of aromatic nitrogens is 2. The number of carbonyl (C=O) groups is 1. The SMILES string of the molecule is O=C(NCC1CCCO1)c1ccnc(N2CCOCC2)n1. The van der Waals surface area contributed by atoms with Gasteiger partial charge < -0.3 is 19.7 Å². The van der Waals surface area contributed by atoms with Gasteiger partial charge in [0.05, 0.1) is 19.3 Å². The first-order valence-electron chi connectivity index (χ1n) is 7.38. The standard InChI is InChI=1S/C14H20N4O3/c19-13(16-10-11-2-1-7-21-11)12-3-4-15-14(17-12)18-5-8-20-9-6-18/h3-4,11H,1-2,5-10H2,(H,16,19). The average molecular weight is 292 g/mol. The molecule has 114 valence electrons. The smallest absolute Gasteiger partial charge is 0.270 e. The predicted molar refractivity (Wildman–Crippen MR) is 76.4 cm³/mol. The van der Waals surface area contributed by atoms with Crippen LogP contribution in [0.25, 0.3) is 0 Å². The van der Waals surface area contributed by atoms with Gasteiger partial charge in [0.15, 0.2) is 0 Å². The van der Waals surface area contributed by atoms with E-state index in [-0.39, 0.29) is 12.0 Å². The van der Waals surface area contributed by atoms with E-state index in [1.807, 2.05) is 4.90 Å². The lowest BCUT2D eigenvalue weighted by molar-refractivity contribution is 0.0853. The first kappa shape index (κ1) is 14.2. The van der Waals surface area contributed by atoms with Gasteiger partial charge in [0.2, 0.25) is 5.95 Å². The minimum absolute atomic E-state index is 0.134. The molecule has 0 radical (unpaired) electrons. The topological polar surface area (TPSA) is 76.6 Å². The largest absolute Gasteiger partial charge is 0.378 e. The average Bonchev–Trinajstić information content (AvgIpc) is 3.07. The number of amides is 1. The Morgan fingerprint density at radius 1 is 1.38 bits per heavy atom. The molecule has 3 heterocycles. The maximum Gasteiger partial charge on any atom is 0.270 e. The summed E-state index contributed by atoms with van der Waals surface area (Å²) < 4.78 is 10.8. The van der Waals surface area contributed by atoms with Crippen molar-refractivity contribution in [3.05, 3.63) is 18.0 Å². The number of hydrogen-bond donors (Lipinski definition) is 1. The molecule has 1 N–H and O–H groups in total. The molecular formula is C14H20N4O3. The molecule has 1 atom stereocenters. The molecular weight excluding hydrogens is 272 g/mol. The fraction of sp³-hybridized carbons (Fsp3) is 0.643. The third-order valence-electron chi connectivity index (χ3n) is 3.68. The molecule has 2 saturated heterocycles. The van der Waals surface area contributed by atoms with Crippen LogP contribution in [0, 0.1) is 0 Å². The van der Waals surface area contributed by atoms with Crippen LogP contribution in [-0.4, -0.2) is 61.4 Å². The van der Waals surface area contributed by atoms with Gasteiger partial charge in [-0.25, -0.2) is 9.97 Å². The van der Waals surface area contributed by atoms with Crippen molar-refractivity contribution in [1.29, 1.82) is 0 Å². The molecule has 3 rings (SSSR count). The third kappa shape index (κ3) is 3.68. The van der Waals surface area contributed by atoms with E-state index in [0.717, 1.165) is 32.5 Å². The number of anilines is 1. The second-order valence-electron chi connectivity index (χ2n) is 5.19. The van der Waals surface area contributed by atoms with Crippen molar-refractivity contribution in [2.24, 2.45) is 0 Å². The van der Waals surface area contributed by atoms with Gasteiger partial charge in [-0.2, -0.15) is 0 Å². The third-order valence-corrected chi connectivity index (χ3v) is 3.68. The van der Waals surface area contributed by atoms with Gasteiger partial charge in [0, 0.05) is 32.4 Å². The normalized spacial score (nSPS) is 22.3. The Balaban J connectivity index is 1.60. The van der Waals surface area contributed by atoms with Crippen LogP contribution >= 0.6 is 0 Å². The second-order valence-corrected chi connectivity index (χ2v) is 5.19. The number of hydrogen-bond acceptors (Lipinski definition) is 6. The molecule has 1 unspecified atom stereocenters. The Bertz CT molecular complexity index is 485. The quantitative estimate of drug-likeness (QED) is 0.855. The van der Waals surface area contributed by atoms with Gasteiger partial charge in [-0.1, -0.05) is 0 Å². The molecule has 0 aromatic carbocycles. The summed E-state index contributed by atoms with van der Waals surface area (Å²) >= 11 is 0. The number of carbonyl (C=O) groups excluding carboxylic acids is 1. The molecule has 0 bridgehead atoms. The molecule has 2 aliphatic rings. The highest BCUT2D eigenvalue weighted by atomic mass is 16.5. The minimum atomic E-state index is -0.178. The number of rotatable bonds is 4. The van der Waals surface area contributed by atoms with Gasteiger partial charge >= 0.3 is 0 Å². The van der Waals surface area contributed by atoms with Crippen molar-refractivity contribution >= 4 is 11.9 Å². The maximum atomic E-state index is 12.1. The Kier molecular flexibility index (Phi) is 4.62. The van der Waals surface area contributed by atoms with E-state index < -0.39 is 0 Å². The summed E-state index contributed by atoms with van der Waals surface area (Å²) in [5.41, 5.74) is 0.393. The highest BCUT2D eigenvalue weighted by Gasteiger charge is 2.19. The highest BCUT2D eigenvalue weighted by Crippen LogP contribution is 2.12. The zero-order valence-electron chi connectivity index (χ0n) is 12.0. The van der Waals surface area contributed by atoms with E-state index >= 15 is 0 Å². The van der Waals surface area contributed by atoms with E-state index in [4.69, 9.17) is 9.47 Å². The maximum absolute atomic E-state index is 12.1. The van der Waals surface area contributed by atoms with E-state index in [1.54, 1.807) is 12.3 Å². The van der Waals surface area contributed by atoms with Crippen LogP contribution in [0.1, 0.15) is 23.3 Å². The van der Waals surface area contributed by atoms with Crippen LogP contribution in [-0.2, 0) is 9.47 Å². The number of morpholine rings is 1. The Morgan fingerprint density at radius 3 is 3.00 bits per heavy atom. The molecule has 7 heteroatoms. The van der Waals surface area contributed by atoms with Crippen LogP contribution in [0.3, 0.4) is 0 Å². The van der Waals surface area contributed by atoms with Crippen molar-refractivity contribution in [1.82, 2.24) is 15.3 Å². The molecule has 2 aliphatic heterocycles. The number of nitrogens with zero attached hydrogens (tertiary/aromatic N) is 3. The summed E-state index contributed by atoms with van der Waals surface area (Å²) in [5, 5.41) is 2.87. The van der Waals surface area contributed by atoms with Gasteiger partial charge in [-0.05, 0) is 18.9 Å². The fourth-order valence-electron chi connectivity index (χ4n) is 2.49. The first-order valence-corrected chi connectivity index (χ1v) is 7.38. The van der Waals surface area contributed by atoms with Gasteiger partial charge in [0.1, 0.15) is 5.69 Å². The predicted octanol–water partition coefficient (Wildman–Crippen LogP) is 0.222. The van der Waals surface area contributed by atoms with Crippen LogP contribution in [0.4, 0.5) is 5.95 Å². The van der Waals surface area contributed by atoms with Crippen LogP contribution < -0.4 is 10.2 Å². The van der Waals surface area contributed by atoms with E-state index in [1.165, 1.54) is 0 Å². The molecule has 0 aliphatic carbocycles. The van der Waals surface area contributed by atoms with Crippen LogP contribution in [0.15, 0.2) is 12.3 Å². The summed E-state index contributed by atoms with van der Waals surface area (Å²) in [6, 6.07) is 1.63. The molecule has 1 aromatic rings. The van der Waals surface area contributed by atoms with Crippen molar-refractivity contribution < 1.29 is 14.3 Å².